The Morgan fingerprint density at radius 2 is 1.77 bits per heavy atom. The van der Waals surface area contributed by atoms with Gasteiger partial charge in [0.25, 0.3) is 0 Å². The Balaban J connectivity index is 1.75. The Kier molecular flexibility index (Phi) is 7.12. The first-order valence-corrected chi connectivity index (χ1v) is 11.1. The van der Waals surface area contributed by atoms with E-state index in [4.69, 9.17) is 16.3 Å². The van der Waals surface area contributed by atoms with Gasteiger partial charge in [-0.05, 0) is 77.9 Å². The highest BCUT2D eigenvalue weighted by atomic mass is 35.5. The summed E-state index contributed by atoms with van der Waals surface area (Å²) >= 11 is 6.26. The zero-order chi connectivity index (χ0) is 25.2. The van der Waals surface area contributed by atoms with E-state index < -0.39 is 23.4 Å². The minimum absolute atomic E-state index is 0.186. The number of allylic oxidation sites excluding steroid dienone is 2. The number of esters is 1. The molecule has 1 heterocycles. The van der Waals surface area contributed by atoms with Crippen molar-refractivity contribution in [2.45, 2.75) is 32.0 Å². The van der Waals surface area contributed by atoms with E-state index in [1.54, 1.807) is 30.3 Å². The molecular formula is C26H20ClF4NO3. The average molecular weight is 506 g/mol. The smallest absolute Gasteiger partial charge is 0.434 e. The van der Waals surface area contributed by atoms with Gasteiger partial charge < -0.3 is 9.47 Å². The molecule has 1 aromatic heterocycles. The summed E-state index contributed by atoms with van der Waals surface area (Å²) < 4.78 is 64.0. The van der Waals surface area contributed by atoms with Crippen LogP contribution in [0.1, 0.15) is 52.0 Å². The van der Waals surface area contributed by atoms with Gasteiger partial charge in [-0.3, -0.25) is 4.98 Å². The number of carbonyl (C=O) groups is 1. The SMILES string of the molecule is COC(=O)c1cc(C2=C(c3cc(Cl)ccc3OCc3ccc(F)cc3)CCC2)cnc1C(F)(F)F. The highest BCUT2D eigenvalue weighted by molar-refractivity contribution is 6.30. The van der Waals surface area contributed by atoms with Gasteiger partial charge in [-0.2, -0.15) is 13.2 Å². The maximum absolute atomic E-state index is 13.4. The second-order valence-electron chi connectivity index (χ2n) is 7.98. The predicted octanol–water partition coefficient (Wildman–Crippen LogP) is 7.35. The fourth-order valence-corrected chi connectivity index (χ4v) is 4.26. The zero-order valence-electron chi connectivity index (χ0n) is 18.6. The lowest BCUT2D eigenvalue weighted by Gasteiger charge is -2.16. The first kappa shape index (κ1) is 24.7. The number of aromatic nitrogens is 1. The van der Waals surface area contributed by atoms with Gasteiger partial charge in [0.1, 0.15) is 18.2 Å². The van der Waals surface area contributed by atoms with E-state index in [9.17, 15) is 22.4 Å². The van der Waals surface area contributed by atoms with Crippen molar-refractivity contribution < 1.29 is 31.8 Å². The van der Waals surface area contributed by atoms with Gasteiger partial charge in [0.15, 0.2) is 5.69 Å². The molecule has 35 heavy (non-hydrogen) atoms. The van der Waals surface area contributed by atoms with E-state index in [1.807, 2.05) is 0 Å². The number of ether oxygens (including phenoxy) is 2. The first-order chi connectivity index (χ1) is 16.7. The highest BCUT2D eigenvalue weighted by Gasteiger charge is 2.38. The Bertz CT molecular complexity index is 1290. The summed E-state index contributed by atoms with van der Waals surface area (Å²) in [6.45, 7) is 0.186. The molecule has 0 atom stereocenters. The van der Waals surface area contributed by atoms with Crippen LogP contribution in [0.2, 0.25) is 5.02 Å². The van der Waals surface area contributed by atoms with Crippen molar-refractivity contribution in [3.8, 4) is 5.75 Å². The van der Waals surface area contributed by atoms with Crippen molar-refractivity contribution in [2.75, 3.05) is 7.11 Å². The van der Waals surface area contributed by atoms with Crippen LogP contribution in [0.25, 0.3) is 11.1 Å². The van der Waals surface area contributed by atoms with Crippen molar-refractivity contribution in [1.82, 2.24) is 4.98 Å². The standard InChI is InChI=1S/C26H20ClF4NO3/c1-34-25(33)22-11-16(13-32-24(22)26(29,30)31)19-3-2-4-20(19)21-12-17(27)7-10-23(21)35-14-15-5-8-18(28)9-6-15/h5-13H,2-4,14H2,1H3. The number of nitrogens with zero attached hydrogens (tertiary/aromatic N) is 1. The molecule has 182 valence electrons. The molecule has 0 bridgehead atoms. The number of pyridine rings is 1. The number of benzene rings is 2. The number of hydrogen-bond acceptors (Lipinski definition) is 4. The normalized spacial score (nSPS) is 13.8. The maximum atomic E-state index is 13.4. The largest absolute Gasteiger partial charge is 0.488 e. The van der Waals surface area contributed by atoms with Crippen molar-refractivity contribution in [2.24, 2.45) is 0 Å². The second kappa shape index (κ2) is 10.1. The van der Waals surface area contributed by atoms with E-state index in [0.29, 0.717) is 34.7 Å². The van der Waals surface area contributed by atoms with Gasteiger partial charge >= 0.3 is 12.1 Å². The number of rotatable bonds is 6. The predicted molar refractivity (Wildman–Crippen MR) is 123 cm³/mol. The summed E-state index contributed by atoms with van der Waals surface area (Å²) in [6.07, 6.45) is -1.71. The first-order valence-electron chi connectivity index (χ1n) is 10.7. The molecule has 1 aliphatic rings. The molecule has 0 N–H and O–H groups in total. The van der Waals surface area contributed by atoms with Crippen LogP contribution in [-0.2, 0) is 17.5 Å². The zero-order valence-corrected chi connectivity index (χ0v) is 19.3. The molecule has 2 aromatic carbocycles. The lowest BCUT2D eigenvalue weighted by molar-refractivity contribution is -0.141. The molecule has 0 aliphatic heterocycles. The fourth-order valence-electron chi connectivity index (χ4n) is 4.09. The topological polar surface area (TPSA) is 48.4 Å². The van der Waals surface area contributed by atoms with E-state index in [-0.39, 0.29) is 12.4 Å². The molecule has 0 saturated heterocycles. The van der Waals surface area contributed by atoms with Gasteiger partial charge in [-0.15, -0.1) is 0 Å². The van der Waals surface area contributed by atoms with Crippen LogP contribution < -0.4 is 4.74 Å². The molecule has 4 nitrogen and oxygen atoms in total. The van der Waals surface area contributed by atoms with E-state index in [1.165, 1.54) is 18.2 Å². The Morgan fingerprint density at radius 3 is 2.46 bits per heavy atom. The van der Waals surface area contributed by atoms with Crippen molar-refractivity contribution >= 4 is 28.7 Å². The van der Waals surface area contributed by atoms with Crippen molar-refractivity contribution in [3.05, 3.63) is 93.5 Å². The summed E-state index contributed by atoms with van der Waals surface area (Å²) in [7, 11) is 1.02. The van der Waals surface area contributed by atoms with Crippen LogP contribution in [0.15, 0.2) is 54.7 Å². The number of carbonyl (C=O) groups excluding carboxylic acids is 1. The lowest BCUT2D eigenvalue weighted by atomic mass is 9.96. The molecule has 0 saturated carbocycles. The number of hydrogen-bond donors (Lipinski definition) is 0. The quantitative estimate of drug-likeness (QED) is 0.259. The molecule has 1 aliphatic carbocycles. The minimum atomic E-state index is -4.80. The van der Waals surface area contributed by atoms with Crippen molar-refractivity contribution in [1.29, 1.82) is 0 Å². The van der Waals surface area contributed by atoms with Gasteiger partial charge in [0.05, 0.1) is 12.7 Å². The molecule has 4 rings (SSSR count). The monoisotopic (exact) mass is 505 g/mol. The third-order valence-corrected chi connectivity index (χ3v) is 5.94. The average Bonchev–Trinajstić information content (AvgIpc) is 3.32. The lowest BCUT2D eigenvalue weighted by Crippen LogP contribution is -2.17. The van der Waals surface area contributed by atoms with E-state index >= 15 is 0 Å². The molecule has 9 heteroatoms. The number of alkyl halides is 3. The Morgan fingerprint density at radius 1 is 1.06 bits per heavy atom. The summed E-state index contributed by atoms with van der Waals surface area (Å²) in [6, 6.07) is 12.2. The van der Waals surface area contributed by atoms with Crippen molar-refractivity contribution in [3.63, 3.8) is 0 Å². The third kappa shape index (κ3) is 5.48. The number of methoxy groups -OCH3 is 1. The molecule has 3 aromatic rings. The molecule has 0 radical (unpaired) electrons. The minimum Gasteiger partial charge on any atom is -0.488 e. The summed E-state index contributed by atoms with van der Waals surface area (Å²) in [5.74, 6) is -0.933. The molecule has 0 fully saturated rings. The molecule has 0 amide bonds. The van der Waals surface area contributed by atoms with Crippen LogP contribution in [0.5, 0.6) is 5.75 Å². The third-order valence-electron chi connectivity index (χ3n) is 5.70. The van der Waals surface area contributed by atoms with Gasteiger partial charge in [0.2, 0.25) is 0 Å². The Hall–Kier alpha value is -3.39. The van der Waals surface area contributed by atoms with Crippen LogP contribution >= 0.6 is 11.6 Å². The van der Waals surface area contributed by atoms with Gasteiger partial charge in [-0.25, -0.2) is 9.18 Å². The Labute approximate surface area is 204 Å². The van der Waals surface area contributed by atoms with Crippen LogP contribution in [0.4, 0.5) is 17.6 Å². The molecule has 0 spiro atoms. The molecular weight excluding hydrogens is 486 g/mol. The van der Waals surface area contributed by atoms with Crippen LogP contribution in [0.3, 0.4) is 0 Å². The maximum Gasteiger partial charge on any atom is 0.434 e. The van der Waals surface area contributed by atoms with Crippen LogP contribution in [-0.4, -0.2) is 18.1 Å². The summed E-state index contributed by atoms with van der Waals surface area (Å²) in [5.41, 5.74) is 1.53. The molecule has 0 unspecified atom stereocenters. The van der Waals surface area contributed by atoms with E-state index in [2.05, 4.69) is 9.72 Å². The number of halogens is 5. The fraction of sp³-hybridized carbons (Fsp3) is 0.231. The summed E-state index contributed by atoms with van der Waals surface area (Å²) in [5, 5.41) is 0.466. The summed E-state index contributed by atoms with van der Waals surface area (Å²) in [4.78, 5) is 15.7. The van der Waals surface area contributed by atoms with Gasteiger partial charge in [0, 0.05) is 16.8 Å². The van der Waals surface area contributed by atoms with Gasteiger partial charge in [-0.1, -0.05) is 23.7 Å². The van der Waals surface area contributed by atoms with E-state index in [0.717, 1.165) is 36.4 Å². The van der Waals surface area contributed by atoms with Crippen LogP contribution in [0, 0.1) is 5.82 Å². The second-order valence-corrected chi connectivity index (χ2v) is 8.41. The highest BCUT2D eigenvalue weighted by Crippen LogP contribution is 2.44.